The Morgan fingerprint density at radius 1 is 1.28 bits per heavy atom. The van der Waals surface area contributed by atoms with Gasteiger partial charge in [-0.1, -0.05) is 39.3 Å². The highest BCUT2D eigenvalue weighted by molar-refractivity contribution is 5.28. The number of ether oxygens (including phenoxy) is 1. The van der Waals surface area contributed by atoms with Crippen LogP contribution in [0, 0.1) is 5.41 Å². The van der Waals surface area contributed by atoms with E-state index in [1.165, 1.54) is 18.4 Å². The summed E-state index contributed by atoms with van der Waals surface area (Å²) in [7, 11) is 0. The molecule has 0 aliphatic heterocycles. The van der Waals surface area contributed by atoms with Gasteiger partial charge in [-0.05, 0) is 30.5 Å². The topological polar surface area (TPSA) is 35.2 Å². The molecule has 0 spiro atoms. The number of hydrogen-bond acceptors (Lipinski definition) is 2. The van der Waals surface area contributed by atoms with Crippen LogP contribution in [0.25, 0.3) is 0 Å². The zero-order chi connectivity index (χ0) is 13.2. The quantitative estimate of drug-likeness (QED) is 0.864. The van der Waals surface area contributed by atoms with Crippen LogP contribution in [0.3, 0.4) is 0 Å². The molecule has 2 rings (SSSR count). The van der Waals surface area contributed by atoms with E-state index in [2.05, 4.69) is 45.0 Å². The van der Waals surface area contributed by atoms with Gasteiger partial charge in [0.2, 0.25) is 0 Å². The molecule has 1 aliphatic carbocycles. The van der Waals surface area contributed by atoms with Gasteiger partial charge in [0.1, 0.15) is 11.9 Å². The van der Waals surface area contributed by atoms with Gasteiger partial charge in [-0.3, -0.25) is 0 Å². The summed E-state index contributed by atoms with van der Waals surface area (Å²) in [5.41, 5.74) is 7.49. The average molecular weight is 247 g/mol. The van der Waals surface area contributed by atoms with E-state index in [1.54, 1.807) is 0 Å². The maximum atomic E-state index is 6.02. The van der Waals surface area contributed by atoms with Crippen LogP contribution in [-0.4, -0.2) is 12.1 Å². The molecule has 1 aromatic carbocycles. The van der Waals surface area contributed by atoms with E-state index >= 15 is 0 Å². The summed E-state index contributed by atoms with van der Waals surface area (Å²) in [4.78, 5) is 0. The first-order valence-electron chi connectivity index (χ1n) is 7.05. The van der Waals surface area contributed by atoms with E-state index in [0.717, 1.165) is 18.6 Å². The molecule has 1 saturated carbocycles. The Morgan fingerprint density at radius 3 is 2.44 bits per heavy atom. The summed E-state index contributed by atoms with van der Waals surface area (Å²) >= 11 is 0. The van der Waals surface area contributed by atoms with Crippen LogP contribution in [0.5, 0.6) is 5.75 Å². The number of benzene rings is 1. The lowest BCUT2D eigenvalue weighted by Crippen LogP contribution is -2.60. The van der Waals surface area contributed by atoms with E-state index in [9.17, 15) is 0 Å². The molecule has 100 valence electrons. The van der Waals surface area contributed by atoms with E-state index in [1.807, 2.05) is 0 Å². The average Bonchev–Trinajstić information content (AvgIpc) is 2.37. The van der Waals surface area contributed by atoms with Gasteiger partial charge in [-0.2, -0.15) is 0 Å². The Labute approximate surface area is 111 Å². The van der Waals surface area contributed by atoms with Crippen molar-refractivity contribution in [2.45, 2.75) is 58.6 Å². The number of nitrogens with two attached hydrogens (primary N) is 1. The molecular weight excluding hydrogens is 222 g/mol. The summed E-state index contributed by atoms with van der Waals surface area (Å²) in [6.45, 7) is 6.59. The second-order valence-corrected chi connectivity index (χ2v) is 6.02. The SMILES string of the molecule is CCCCc1ccc(OC2CC(N)C2(C)C)cc1. The fourth-order valence-electron chi connectivity index (χ4n) is 2.40. The van der Waals surface area contributed by atoms with Crippen molar-refractivity contribution >= 4 is 0 Å². The van der Waals surface area contributed by atoms with Gasteiger partial charge >= 0.3 is 0 Å². The summed E-state index contributed by atoms with van der Waals surface area (Å²) in [6, 6.07) is 8.80. The normalized spacial score (nSPS) is 25.6. The van der Waals surface area contributed by atoms with Crippen LogP contribution in [0.15, 0.2) is 24.3 Å². The zero-order valence-electron chi connectivity index (χ0n) is 11.8. The standard InChI is InChI=1S/C16H25NO/c1-4-5-6-12-7-9-13(10-8-12)18-15-11-14(17)16(15,2)3/h7-10,14-15H,4-6,11,17H2,1-3H3. The molecule has 0 bridgehead atoms. The number of aryl methyl sites for hydroxylation is 1. The largest absolute Gasteiger partial charge is 0.490 e. The van der Waals surface area contributed by atoms with E-state index in [0.29, 0.717) is 0 Å². The predicted molar refractivity (Wildman–Crippen MR) is 75.8 cm³/mol. The van der Waals surface area contributed by atoms with E-state index in [4.69, 9.17) is 10.5 Å². The van der Waals surface area contributed by atoms with Crippen LogP contribution in [0.2, 0.25) is 0 Å². The lowest BCUT2D eigenvalue weighted by molar-refractivity contribution is -0.0399. The number of rotatable bonds is 5. The van der Waals surface area contributed by atoms with E-state index in [-0.39, 0.29) is 17.6 Å². The van der Waals surface area contributed by atoms with Gasteiger partial charge in [-0.15, -0.1) is 0 Å². The zero-order valence-corrected chi connectivity index (χ0v) is 11.8. The van der Waals surface area contributed by atoms with Crippen molar-refractivity contribution in [1.82, 2.24) is 0 Å². The van der Waals surface area contributed by atoms with Crippen LogP contribution < -0.4 is 10.5 Å². The number of unbranched alkanes of at least 4 members (excludes halogenated alkanes) is 1. The van der Waals surface area contributed by atoms with Crippen molar-refractivity contribution in [2.75, 3.05) is 0 Å². The van der Waals surface area contributed by atoms with Gasteiger partial charge in [0.05, 0.1) is 0 Å². The van der Waals surface area contributed by atoms with Crippen molar-refractivity contribution in [3.05, 3.63) is 29.8 Å². The third-order valence-electron chi connectivity index (χ3n) is 4.27. The lowest BCUT2D eigenvalue weighted by Gasteiger charge is -2.49. The summed E-state index contributed by atoms with van der Waals surface area (Å²) in [5, 5.41) is 0. The smallest absolute Gasteiger partial charge is 0.119 e. The van der Waals surface area contributed by atoms with Crippen molar-refractivity contribution in [2.24, 2.45) is 11.1 Å². The van der Waals surface area contributed by atoms with Gasteiger partial charge in [-0.25, -0.2) is 0 Å². The molecule has 2 nitrogen and oxygen atoms in total. The molecule has 1 aliphatic rings. The summed E-state index contributed by atoms with van der Waals surface area (Å²) < 4.78 is 6.02. The Balaban J connectivity index is 1.91. The molecule has 2 heteroatoms. The first-order valence-corrected chi connectivity index (χ1v) is 7.05. The third-order valence-corrected chi connectivity index (χ3v) is 4.27. The Hall–Kier alpha value is -1.02. The van der Waals surface area contributed by atoms with Gasteiger partial charge in [0.25, 0.3) is 0 Å². The van der Waals surface area contributed by atoms with E-state index < -0.39 is 0 Å². The first kappa shape index (κ1) is 13.4. The van der Waals surface area contributed by atoms with Crippen molar-refractivity contribution < 1.29 is 4.74 Å². The molecule has 0 radical (unpaired) electrons. The number of hydrogen-bond donors (Lipinski definition) is 1. The van der Waals surface area contributed by atoms with Crippen LogP contribution in [0.1, 0.15) is 45.6 Å². The molecule has 0 heterocycles. The highest BCUT2D eigenvalue weighted by Gasteiger charge is 2.47. The van der Waals surface area contributed by atoms with Crippen LogP contribution >= 0.6 is 0 Å². The minimum absolute atomic E-state index is 0.0981. The fraction of sp³-hybridized carbons (Fsp3) is 0.625. The fourth-order valence-corrected chi connectivity index (χ4v) is 2.40. The second kappa shape index (κ2) is 5.31. The second-order valence-electron chi connectivity index (χ2n) is 6.02. The predicted octanol–water partition coefficient (Wildman–Crippen LogP) is 3.53. The summed E-state index contributed by atoms with van der Waals surface area (Å²) in [5.74, 6) is 0.972. The van der Waals surface area contributed by atoms with Gasteiger partial charge < -0.3 is 10.5 Å². The molecule has 0 aromatic heterocycles. The Morgan fingerprint density at radius 2 is 1.94 bits per heavy atom. The van der Waals surface area contributed by atoms with Crippen molar-refractivity contribution in [1.29, 1.82) is 0 Å². The van der Waals surface area contributed by atoms with Crippen molar-refractivity contribution in [3.8, 4) is 5.75 Å². The maximum Gasteiger partial charge on any atom is 0.119 e. The van der Waals surface area contributed by atoms with Crippen molar-refractivity contribution in [3.63, 3.8) is 0 Å². The molecule has 2 N–H and O–H groups in total. The lowest BCUT2D eigenvalue weighted by atomic mass is 9.65. The van der Waals surface area contributed by atoms with Gasteiger partial charge in [0, 0.05) is 17.9 Å². The first-order chi connectivity index (χ1) is 8.54. The molecular formula is C16H25NO. The van der Waals surface area contributed by atoms with Crippen LogP contribution in [0.4, 0.5) is 0 Å². The summed E-state index contributed by atoms with van der Waals surface area (Å²) in [6.07, 6.45) is 4.88. The highest BCUT2D eigenvalue weighted by Crippen LogP contribution is 2.41. The molecule has 0 amide bonds. The monoisotopic (exact) mass is 247 g/mol. The molecule has 2 unspecified atom stereocenters. The third kappa shape index (κ3) is 2.69. The van der Waals surface area contributed by atoms with Crippen LogP contribution in [-0.2, 0) is 6.42 Å². The minimum Gasteiger partial charge on any atom is -0.490 e. The molecule has 1 aromatic rings. The molecule has 1 fully saturated rings. The molecule has 18 heavy (non-hydrogen) atoms. The molecule has 0 saturated heterocycles. The molecule has 2 atom stereocenters. The Bertz CT molecular complexity index is 383. The minimum atomic E-state index is 0.0981. The van der Waals surface area contributed by atoms with Gasteiger partial charge in [0.15, 0.2) is 0 Å². The highest BCUT2D eigenvalue weighted by atomic mass is 16.5. The maximum absolute atomic E-state index is 6.02. The Kier molecular flexibility index (Phi) is 3.96.